The van der Waals surface area contributed by atoms with E-state index in [0.717, 1.165) is 44.9 Å². The van der Waals surface area contributed by atoms with E-state index in [1.54, 1.807) is 0 Å². The third-order valence-electron chi connectivity index (χ3n) is 11.0. The minimum absolute atomic E-state index is 0.0518. The van der Waals surface area contributed by atoms with Gasteiger partial charge in [-0.1, -0.05) is 40.5 Å². The smallest absolute Gasteiger partial charge is 0.306 e. The van der Waals surface area contributed by atoms with Crippen molar-refractivity contribution in [1.82, 2.24) is 0 Å². The van der Waals surface area contributed by atoms with Crippen LogP contribution >= 0.6 is 0 Å². The van der Waals surface area contributed by atoms with Crippen LogP contribution in [0.15, 0.2) is 0 Å². The van der Waals surface area contributed by atoms with Gasteiger partial charge in [-0.25, -0.2) is 0 Å². The van der Waals surface area contributed by atoms with Crippen molar-refractivity contribution >= 4 is 5.97 Å². The molecule has 0 aliphatic heterocycles. The first-order valence-electron chi connectivity index (χ1n) is 14.5. The maximum Gasteiger partial charge on any atom is 0.306 e. The lowest BCUT2D eigenvalue weighted by atomic mass is 9.43. The fourth-order valence-corrected chi connectivity index (χ4v) is 9.10. The van der Waals surface area contributed by atoms with Gasteiger partial charge in [-0.2, -0.15) is 0 Å². The summed E-state index contributed by atoms with van der Waals surface area (Å²) >= 11 is 0. The SMILES string of the molecule is [2H]C([2H])([2H])C(CCC[C@@H](C)[C@H]1CC[C@H]2C3[C@H](O)C[C@@H]4C[C@H](O)CC[C@]4(C)[C@H]3C[C@H](O)[C@]12C)C(=O)O. The molecular weight excluding hydrogens is 404 g/mol. The Morgan fingerprint density at radius 2 is 1.81 bits per heavy atom. The molecule has 0 radical (unpaired) electrons. The van der Waals surface area contributed by atoms with Crippen LogP contribution in [-0.4, -0.2) is 44.7 Å². The summed E-state index contributed by atoms with van der Waals surface area (Å²) in [4.78, 5) is 11.4. The Balaban J connectivity index is 1.48. The predicted octanol–water partition coefficient (Wildman–Crippen LogP) is 4.47. The largest absolute Gasteiger partial charge is 0.481 e. The fraction of sp³-hybridized carbons (Fsp3) is 0.963. The summed E-state index contributed by atoms with van der Waals surface area (Å²) in [7, 11) is 0. The molecule has 0 spiro atoms. The number of aliphatic hydroxyl groups is 3. The Hall–Kier alpha value is -0.650. The van der Waals surface area contributed by atoms with Gasteiger partial charge in [0.2, 0.25) is 0 Å². The van der Waals surface area contributed by atoms with Gasteiger partial charge in [0, 0.05) is 4.11 Å². The molecule has 4 fully saturated rings. The summed E-state index contributed by atoms with van der Waals surface area (Å²) in [6.07, 6.45) is 6.21. The summed E-state index contributed by atoms with van der Waals surface area (Å²) in [5, 5.41) is 42.6. The van der Waals surface area contributed by atoms with E-state index in [0.29, 0.717) is 18.8 Å². The van der Waals surface area contributed by atoms with Crippen LogP contribution in [0.4, 0.5) is 0 Å². The van der Waals surface area contributed by atoms with E-state index in [1.807, 2.05) is 0 Å². The first-order valence-corrected chi connectivity index (χ1v) is 13.0. The predicted molar refractivity (Wildman–Crippen MR) is 124 cm³/mol. The van der Waals surface area contributed by atoms with Gasteiger partial charge < -0.3 is 20.4 Å². The second kappa shape index (κ2) is 8.85. The van der Waals surface area contributed by atoms with E-state index in [9.17, 15) is 25.2 Å². The normalized spacial score (nSPS) is 51.9. The highest BCUT2D eigenvalue weighted by Gasteiger charge is 2.65. The van der Waals surface area contributed by atoms with Crippen molar-refractivity contribution in [2.75, 3.05) is 0 Å². The molecule has 4 aliphatic carbocycles. The van der Waals surface area contributed by atoms with E-state index in [-0.39, 0.29) is 52.9 Å². The molecule has 0 aromatic carbocycles. The first kappa shape index (κ1) is 20.7. The van der Waals surface area contributed by atoms with E-state index >= 15 is 0 Å². The summed E-state index contributed by atoms with van der Waals surface area (Å²) in [6, 6.07) is 0. The van der Waals surface area contributed by atoms with Crippen molar-refractivity contribution in [3.8, 4) is 0 Å². The van der Waals surface area contributed by atoms with Crippen LogP contribution in [0, 0.1) is 52.3 Å². The molecule has 4 aliphatic rings. The lowest BCUT2D eigenvalue weighted by molar-refractivity contribution is -0.207. The summed E-state index contributed by atoms with van der Waals surface area (Å²) in [5.74, 6) is -1.09. The van der Waals surface area contributed by atoms with Gasteiger partial charge in [0.15, 0.2) is 0 Å². The van der Waals surface area contributed by atoms with Crippen LogP contribution in [0.2, 0.25) is 0 Å². The average molecular weight is 454 g/mol. The van der Waals surface area contributed by atoms with Crippen molar-refractivity contribution in [1.29, 1.82) is 0 Å². The number of fused-ring (bicyclic) bond motifs is 5. The maximum absolute atomic E-state index is 11.6. The Bertz CT molecular complexity index is 789. The topological polar surface area (TPSA) is 98.0 Å². The summed E-state index contributed by atoms with van der Waals surface area (Å²) in [5.41, 5.74) is -0.245. The molecule has 4 saturated carbocycles. The third kappa shape index (κ3) is 3.84. The fourth-order valence-electron chi connectivity index (χ4n) is 9.10. The molecule has 5 nitrogen and oxygen atoms in total. The maximum atomic E-state index is 11.6. The molecule has 184 valence electrons. The van der Waals surface area contributed by atoms with Crippen molar-refractivity contribution < 1.29 is 29.3 Å². The first-order chi connectivity index (χ1) is 16.2. The minimum Gasteiger partial charge on any atom is -0.481 e. The average Bonchev–Trinajstić information content (AvgIpc) is 3.10. The van der Waals surface area contributed by atoms with Crippen LogP contribution in [0.5, 0.6) is 0 Å². The molecule has 32 heavy (non-hydrogen) atoms. The number of rotatable bonds is 6. The zero-order valence-corrected chi connectivity index (χ0v) is 20.0. The number of hydrogen-bond donors (Lipinski definition) is 4. The lowest BCUT2D eigenvalue weighted by Crippen LogP contribution is -2.62. The van der Waals surface area contributed by atoms with Crippen molar-refractivity contribution in [2.24, 2.45) is 52.3 Å². The number of hydrogen-bond acceptors (Lipinski definition) is 4. The van der Waals surface area contributed by atoms with Crippen LogP contribution in [-0.2, 0) is 4.79 Å². The highest BCUT2D eigenvalue weighted by Crippen LogP contribution is 2.68. The number of carboxylic acids is 1. The van der Waals surface area contributed by atoms with E-state index in [4.69, 9.17) is 4.11 Å². The second-order valence-corrected chi connectivity index (χ2v) is 12.3. The van der Waals surface area contributed by atoms with Gasteiger partial charge in [-0.3, -0.25) is 4.79 Å². The van der Waals surface area contributed by atoms with Crippen LogP contribution in [0.1, 0.15) is 95.9 Å². The Kier molecular flexibility index (Phi) is 5.73. The Morgan fingerprint density at radius 1 is 1.06 bits per heavy atom. The molecular formula is C27H46O5. The van der Waals surface area contributed by atoms with Gasteiger partial charge in [-0.05, 0) is 97.7 Å². The third-order valence-corrected chi connectivity index (χ3v) is 11.0. The molecule has 0 aromatic heterocycles. The minimum atomic E-state index is -2.49. The number of aliphatic hydroxyl groups excluding tert-OH is 3. The number of carboxylic acid groups (broad SMARTS) is 1. The molecule has 12 atom stereocenters. The highest BCUT2D eigenvalue weighted by atomic mass is 16.4. The van der Waals surface area contributed by atoms with Crippen molar-refractivity contribution in [3.63, 3.8) is 0 Å². The molecule has 0 aromatic rings. The lowest BCUT2D eigenvalue weighted by Gasteiger charge is -2.63. The van der Waals surface area contributed by atoms with Crippen LogP contribution in [0.25, 0.3) is 0 Å². The molecule has 2 unspecified atom stereocenters. The van der Waals surface area contributed by atoms with Gasteiger partial charge in [0.25, 0.3) is 0 Å². The summed E-state index contributed by atoms with van der Waals surface area (Å²) in [6.45, 7) is 4.22. The van der Waals surface area contributed by atoms with Gasteiger partial charge >= 0.3 is 5.97 Å². The zero-order valence-electron chi connectivity index (χ0n) is 23.0. The van der Waals surface area contributed by atoms with Crippen molar-refractivity contribution in [3.05, 3.63) is 0 Å². The highest BCUT2D eigenvalue weighted by molar-refractivity contribution is 5.69. The van der Waals surface area contributed by atoms with Gasteiger partial charge in [-0.15, -0.1) is 0 Å². The monoisotopic (exact) mass is 453 g/mol. The van der Waals surface area contributed by atoms with Gasteiger partial charge in [0.1, 0.15) is 0 Å². The number of carbonyl (C=O) groups is 1. The molecule has 0 amide bonds. The van der Waals surface area contributed by atoms with Gasteiger partial charge in [0.05, 0.1) is 24.2 Å². The second-order valence-electron chi connectivity index (χ2n) is 12.3. The molecule has 0 saturated heterocycles. The molecule has 0 bridgehead atoms. The van der Waals surface area contributed by atoms with E-state index < -0.39 is 30.9 Å². The van der Waals surface area contributed by atoms with Crippen molar-refractivity contribution in [2.45, 2.75) is 110 Å². The van der Waals surface area contributed by atoms with Crippen LogP contribution < -0.4 is 0 Å². The molecule has 0 heterocycles. The standard InChI is InChI=1S/C27H46O5/c1-15(6-5-7-16(2)25(31)32)19-8-9-20-24-21(14-23(30)27(19,20)4)26(3)11-10-18(28)12-17(26)13-22(24)29/h15-24,28-30H,5-14H2,1-4H3,(H,31,32)/t15-,16?,17+,18-,19-,20+,21+,22-,23+,24?,26+,27-/m1/s1/i2D3. The number of aliphatic carboxylic acids is 1. The summed E-state index contributed by atoms with van der Waals surface area (Å²) < 4.78 is 22.6. The quantitative estimate of drug-likeness (QED) is 0.475. The van der Waals surface area contributed by atoms with Crippen LogP contribution in [0.3, 0.4) is 0 Å². The Labute approximate surface area is 198 Å². The molecule has 4 rings (SSSR count). The molecule has 4 N–H and O–H groups in total. The Morgan fingerprint density at radius 3 is 2.50 bits per heavy atom. The molecule has 5 heteroatoms. The zero-order chi connectivity index (χ0) is 25.9. The van der Waals surface area contributed by atoms with E-state index in [2.05, 4.69) is 20.8 Å². The van der Waals surface area contributed by atoms with E-state index in [1.165, 1.54) is 0 Å².